The van der Waals surface area contributed by atoms with Gasteiger partial charge in [-0.25, -0.2) is 4.79 Å². The predicted molar refractivity (Wildman–Crippen MR) is 59.3 cm³/mol. The van der Waals surface area contributed by atoms with E-state index in [1.54, 1.807) is 0 Å². The molecule has 1 heterocycles. The predicted octanol–water partition coefficient (Wildman–Crippen LogP) is 0.772. The molecule has 0 bridgehead atoms. The van der Waals surface area contributed by atoms with Crippen LogP contribution in [0.3, 0.4) is 0 Å². The van der Waals surface area contributed by atoms with Gasteiger partial charge in [-0.15, -0.1) is 11.3 Å². The fourth-order valence-corrected chi connectivity index (χ4v) is 2.03. The first kappa shape index (κ1) is 12.7. The largest absolute Gasteiger partial charge is 0.478 e. The Morgan fingerprint density at radius 3 is 2.75 bits per heavy atom. The molecule has 0 saturated heterocycles. The lowest BCUT2D eigenvalue weighted by Gasteiger charge is -2.11. The molecule has 2 N–H and O–H groups in total. The van der Waals surface area contributed by atoms with E-state index in [4.69, 9.17) is 5.11 Å². The Balaban J connectivity index is 2.50. The minimum Gasteiger partial charge on any atom is -0.478 e. The summed E-state index contributed by atoms with van der Waals surface area (Å²) in [5, 5.41) is 12.9. The van der Waals surface area contributed by atoms with Gasteiger partial charge in [0.05, 0.1) is 6.42 Å². The van der Waals surface area contributed by atoms with Gasteiger partial charge in [0.25, 0.3) is 0 Å². The molecule has 1 aromatic rings. The van der Waals surface area contributed by atoms with Gasteiger partial charge in [-0.3, -0.25) is 4.79 Å². The number of methoxy groups -OCH3 is 1. The molecule has 0 spiro atoms. The van der Waals surface area contributed by atoms with Crippen molar-refractivity contribution in [1.82, 2.24) is 5.32 Å². The van der Waals surface area contributed by atoms with E-state index in [9.17, 15) is 9.59 Å². The minimum absolute atomic E-state index is 0.172. The third kappa shape index (κ3) is 3.63. The molecular weight excluding hydrogens is 230 g/mol. The van der Waals surface area contributed by atoms with Crippen LogP contribution >= 0.6 is 11.3 Å². The van der Waals surface area contributed by atoms with Crippen LogP contribution in [-0.2, 0) is 20.7 Å². The Kier molecular flexibility index (Phi) is 4.45. The van der Waals surface area contributed by atoms with Crippen molar-refractivity contribution >= 4 is 23.2 Å². The molecule has 0 aliphatic carbocycles. The molecule has 6 heteroatoms. The van der Waals surface area contributed by atoms with Crippen molar-refractivity contribution in [3.63, 3.8) is 0 Å². The van der Waals surface area contributed by atoms with Gasteiger partial charge in [0.1, 0.15) is 0 Å². The van der Waals surface area contributed by atoms with Gasteiger partial charge in [0.2, 0.25) is 12.1 Å². The molecule has 1 atom stereocenters. The highest BCUT2D eigenvalue weighted by atomic mass is 32.1. The van der Waals surface area contributed by atoms with Crippen LogP contribution in [0.15, 0.2) is 11.4 Å². The summed E-state index contributed by atoms with van der Waals surface area (Å²) in [5.41, 5.74) is 1.09. The molecular formula is C10H13NO4S. The molecule has 1 rings (SSSR count). The van der Waals surface area contributed by atoms with E-state index < -0.39 is 12.2 Å². The van der Waals surface area contributed by atoms with Crippen LogP contribution in [0.4, 0.5) is 0 Å². The number of carbonyl (C=O) groups excluding carboxylic acids is 1. The van der Waals surface area contributed by atoms with E-state index >= 15 is 0 Å². The van der Waals surface area contributed by atoms with Crippen molar-refractivity contribution in [2.75, 3.05) is 7.11 Å². The number of nitrogens with one attached hydrogen (secondary N) is 1. The number of amides is 1. The Morgan fingerprint density at radius 1 is 1.62 bits per heavy atom. The number of carboxylic acids is 1. The van der Waals surface area contributed by atoms with E-state index in [0.717, 1.165) is 10.4 Å². The van der Waals surface area contributed by atoms with Crippen molar-refractivity contribution in [1.29, 1.82) is 0 Å². The number of aryl methyl sites for hydroxylation is 1. The highest BCUT2D eigenvalue weighted by Gasteiger charge is 2.18. The lowest BCUT2D eigenvalue weighted by molar-refractivity contribution is -0.153. The third-order valence-electron chi connectivity index (χ3n) is 1.87. The van der Waals surface area contributed by atoms with Gasteiger partial charge in [-0.2, -0.15) is 0 Å². The summed E-state index contributed by atoms with van der Waals surface area (Å²) in [7, 11) is 1.23. The van der Waals surface area contributed by atoms with E-state index in [2.05, 4.69) is 10.1 Å². The summed E-state index contributed by atoms with van der Waals surface area (Å²) in [6, 6.07) is 1.90. The molecule has 0 fully saturated rings. The lowest BCUT2D eigenvalue weighted by Crippen LogP contribution is -2.42. The monoisotopic (exact) mass is 243 g/mol. The van der Waals surface area contributed by atoms with E-state index in [0.29, 0.717) is 0 Å². The zero-order valence-corrected chi connectivity index (χ0v) is 9.84. The Labute approximate surface area is 97.0 Å². The van der Waals surface area contributed by atoms with Crippen molar-refractivity contribution in [3.05, 3.63) is 21.9 Å². The SMILES string of the molecule is COC(NC(=O)Cc1cc(C)cs1)C(=O)O. The summed E-state index contributed by atoms with van der Waals surface area (Å²) >= 11 is 1.47. The number of carbonyl (C=O) groups is 2. The van der Waals surface area contributed by atoms with Gasteiger partial charge in [0.15, 0.2) is 0 Å². The van der Waals surface area contributed by atoms with Crippen LogP contribution in [0.5, 0.6) is 0 Å². The molecule has 0 aliphatic rings. The molecule has 0 saturated carbocycles. The molecule has 1 aromatic heterocycles. The maximum atomic E-state index is 11.4. The highest BCUT2D eigenvalue weighted by molar-refractivity contribution is 7.10. The number of ether oxygens (including phenoxy) is 1. The first-order valence-corrected chi connectivity index (χ1v) is 5.50. The van der Waals surface area contributed by atoms with Crippen molar-refractivity contribution in [2.24, 2.45) is 0 Å². The van der Waals surface area contributed by atoms with Crippen molar-refractivity contribution in [3.8, 4) is 0 Å². The molecule has 0 radical (unpaired) electrons. The lowest BCUT2D eigenvalue weighted by atomic mass is 10.3. The molecule has 1 unspecified atom stereocenters. The number of thiophene rings is 1. The van der Waals surface area contributed by atoms with Crippen LogP contribution in [0, 0.1) is 6.92 Å². The van der Waals surface area contributed by atoms with Crippen molar-refractivity contribution in [2.45, 2.75) is 19.6 Å². The highest BCUT2D eigenvalue weighted by Crippen LogP contribution is 2.13. The Bertz CT molecular complexity index is 388. The molecule has 0 aliphatic heterocycles. The Hall–Kier alpha value is -1.40. The second-order valence-electron chi connectivity index (χ2n) is 3.29. The van der Waals surface area contributed by atoms with E-state index in [-0.39, 0.29) is 12.3 Å². The second kappa shape index (κ2) is 5.62. The van der Waals surface area contributed by atoms with Crippen LogP contribution < -0.4 is 5.32 Å². The van der Waals surface area contributed by atoms with Crippen LogP contribution in [0.1, 0.15) is 10.4 Å². The van der Waals surface area contributed by atoms with Crippen LogP contribution in [0.2, 0.25) is 0 Å². The number of hydrogen-bond donors (Lipinski definition) is 2. The molecule has 16 heavy (non-hydrogen) atoms. The van der Waals surface area contributed by atoms with E-state index in [1.165, 1.54) is 18.4 Å². The third-order valence-corrected chi connectivity index (χ3v) is 2.93. The maximum Gasteiger partial charge on any atom is 0.354 e. The van der Waals surface area contributed by atoms with Crippen LogP contribution in [0.25, 0.3) is 0 Å². The van der Waals surface area contributed by atoms with Gasteiger partial charge in [-0.05, 0) is 23.9 Å². The number of carboxylic acid groups (broad SMARTS) is 1. The quantitative estimate of drug-likeness (QED) is 0.749. The standard InChI is InChI=1S/C10H13NO4S/c1-6-3-7(16-5-6)4-8(12)11-9(15-2)10(13)14/h3,5,9H,4H2,1-2H3,(H,11,12)(H,13,14). The minimum atomic E-state index is -1.28. The summed E-state index contributed by atoms with van der Waals surface area (Å²) in [4.78, 5) is 22.9. The summed E-state index contributed by atoms with van der Waals surface area (Å²) in [5.74, 6) is -1.57. The van der Waals surface area contributed by atoms with Crippen molar-refractivity contribution < 1.29 is 19.4 Å². The smallest absolute Gasteiger partial charge is 0.354 e. The zero-order chi connectivity index (χ0) is 12.1. The average Bonchev–Trinajstić information content (AvgIpc) is 2.60. The topological polar surface area (TPSA) is 75.6 Å². The van der Waals surface area contributed by atoms with E-state index in [1.807, 2.05) is 18.4 Å². The number of aliphatic carboxylic acids is 1. The first-order valence-electron chi connectivity index (χ1n) is 4.62. The normalized spacial score (nSPS) is 12.1. The molecule has 5 nitrogen and oxygen atoms in total. The summed E-state index contributed by atoms with van der Waals surface area (Å²) in [6.45, 7) is 1.94. The average molecular weight is 243 g/mol. The molecule has 1 amide bonds. The van der Waals surface area contributed by atoms with Crippen LogP contribution in [-0.4, -0.2) is 30.3 Å². The summed E-state index contributed by atoms with van der Waals surface area (Å²) < 4.78 is 4.60. The molecule has 0 aromatic carbocycles. The zero-order valence-electron chi connectivity index (χ0n) is 9.02. The van der Waals surface area contributed by atoms with Gasteiger partial charge in [-0.1, -0.05) is 0 Å². The Morgan fingerprint density at radius 2 is 2.31 bits per heavy atom. The summed E-state index contributed by atoms with van der Waals surface area (Å²) in [6.07, 6.45) is -1.11. The van der Waals surface area contributed by atoms with Gasteiger partial charge < -0.3 is 15.2 Å². The number of hydrogen-bond acceptors (Lipinski definition) is 4. The fourth-order valence-electron chi connectivity index (χ4n) is 1.16. The fraction of sp³-hybridized carbons (Fsp3) is 0.400. The first-order chi connectivity index (χ1) is 7.52. The maximum absolute atomic E-state index is 11.4. The van der Waals surface area contributed by atoms with Gasteiger partial charge >= 0.3 is 5.97 Å². The second-order valence-corrected chi connectivity index (χ2v) is 4.28. The van der Waals surface area contributed by atoms with Gasteiger partial charge in [0, 0.05) is 12.0 Å². The number of rotatable bonds is 5. The molecule has 88 valence electrons.